The molecule has 9 heteroatoms. The van der Waals surface area contributed by atoms with E-state index in [-0.39, 0.29) is 117 Å². The number of hydrogen-bond donors (Lipinski definition) is 8. The highest BCUT2D eigenvalue weighted by Crippen LogP contribution is 2.79. The molecular formula is C63H112N2O7. The first-order valence-electron chi connectivity index (χ1n) is 28.5. The second kappa shape index (κ2) is 20.2. The second-order valence-corrected chi connectivity index (χ2v) is 28.8. The zero-order chi connectivity index (χ0) is 50.2. The summed E-state index contributed by atoms with van der Waals surface area (Å²) in [6.07, 6.45) is 22.2. The Labute approximate surface area is 440 Å². The molecule has 0 saturated heterocycles. The molecule has 1 unspecified atom stereocenters. The molecule has 10 aliphatic carbocycles. The summed E-state index contributed by atoms with van der Waals surface area (Å²) in [5, 5.41) is 75.8. The molecule has 0 radical (unpaired) electrons. The molecule has 10 saturated carbocycles. The quantitative estimate of drug-likeness (QED) is 0.0672. The number of rotatable bonds is 8. The first kappa shape index (κ1) is 59.9. The Kier molecular flexibility index (Phi) is 16.8. The summed E-state index contributed by atoms with van der Waals surface area (Å²) in [5.74, 6) is 4.69. The fourth-order valence-electron chi connectivity index (χ4n) is 23.2. The summed E-state index contributed by atoms with van der Waals surface area (Å²) in [5.41, 5.74) is 10.00. The van der Waals surface area contributed by atoms with Gasteiger partial charge in [-0.1, -0.05) is 96.0 Å². The van der Waals surface area contributed by atoms with Crippen LogP contribution in [-0.4, -0.2) is 87.2 Å². The maximum absolute atomic E-state index is 10.7. The summed E-state index contributed by atoms with van der Waals surface area (Å²) >= 11 is 0. The van der Waals surface area contributed by atoms with Gasteiger partial charge in [0.1, 0.15) is 0 Å². The minimum atomic E-state index is -0.450. The highest BCUT2D eigenvalue weighted by molar-refractivity contribution is 5.91. The van der Waals surface area contributed by atoms with Crippen molar-refractivity contribution in [2.75, 3.05) is 39.6 Å². The van der Waals surface area contributed by atoms with Crippen molar-refractivity contribution in [2.45, 2.75) is 212 Å². The van der Waals surface area contributed by atoms with Crippen molar-refractivity contribution in [3.05, 3.63) is 24.3 Å². The molecule has 9 nitrogen and oxygen atoms in total. The Bertz CT molecular complexity index is 2010. The van der Waals surface area contributed by atoms with Gasteiger partial charge >= 0.3 is 0 Å². The van der Waals surface area contributed by atoms with Crippen LogP contribution in [0, 0.1) is 113 Å². The molecular weight excluding hydrogens is 897 g/mol. The van der Waals surface area contributed by atoms with Gasteiger partial charge in [0.25, 0.3) is 0 Å². The summed E-state index contributed by atoms with van der Waals surface area (Å²) in [7, 11) is 0. The molecule has 10 fully saturated rings. The average Bonchev–Trinajstić information content (AvgIpc) is 3.93. The molecule has 0 aromatic heterocycles. The standard InChI is InChI=1S/C30H49NO4.C30H51NO3.3CH4/c1-19(16-32)20-8-13-30(18-34)15-14-28(4)21(25(20)30)6-7-23-26(2)11-10-24(31-35)27(3,17-33)22(26)9-12-29(23,28)5;1-19(16-32)20-8-13-30(18-34)15-14-28(4)21(25(20)30)6-7-23-26(2)11-10-24(31)27(3,17-33)22(26)9-12-29(23,28)5;;;/h20-23,25,32-35H,1,6-18H2,2-5H3;20-25,32-34H,1,6-18,31H2,2-5H3;3*1H4/b31-24-;;;;/t20-,21+,22+,23+,25+,26-,27-,28+,29+,30+;20-,21+,22+,23+,24?,25+,26-,27-,28+,29+,30+;;;/m00.../s1. The Hall–Kier alpha value is -1.33. The first-order valence-corrected chi connectivity index (χ1v) is 28.5. The van der Waals surface area contributed by atoms with Gasteiger partial charge in [0.2, 0.25) is 0 Å². The molecule has 0 aromatic rings. The number of aliphatic hydroxyl groups is 6. The molecule has 0 heterocycles. The van der Waals surface area contributed by atoms with E-state index in [4.69, 9.17) is 5.73 Å². The zero-order valence-corrected chi connectivity index (χ0v) is 44.8. The van der Waals surface area contributed by atoms with E-state index < -0.39 is 5.41 Å². The Morgan fingerprint density at radius 3 is 1.33 bits per heavy atom. The van der Waals surface area contributed by atoms with Crippen LogP contribution in [0.4, 0.5) is 0 Å². The zero-order valence-electron chi connectivity index (χ0n) is 44.8. The van der Waals surface area contributed by atoms with Crippen molar-refractivity contribution >= 4 is 5.71 Å². The van der Waals surface area contributed by atoms with Crippen molar-refractivity contribution in [3.8, 4) is 0 Å². The number of nitrogens with zero attached hydrogens (tertiary/aromatic N) is 1. The van der Waals surface area contributed by atoms with Gasteiger partial charge in [-0.2, -0.15) is 0 Å². The lowest BCUT2D eigenvalue weighted by Crippen LogP contribution is -2.68. The molecule has 0 aliphatic heterocycles. The van der Waals surface area contributed by atoms with E-state index in [1.807, 2.05) is 0 Å². The first-order chi connectivity index (χ1) is 32.5. The normalized spacial score (nSPS) is 53.3. The van der Waals surface area contributed by atoms with Crippen molar-refractivity contribution < 1.29 is 35.8 Å². The number of aliphatic hydroxyl groups excluding tert-OH is 6. The van der Waals surface area contributed by atoms with Gasteiger partial charge in [0, 0.05) is 30.1 Å². The SMILES string of the molecule is C.C.C.C=C(CO)[C@@H]1CC[C@]2(CO)CC[C@]3(C)[C@H](CC[C@@H]4[C@@]5(C)CC/C(=N/O)[C@@](C)(CO)[C@@H]5CC[C@]43C)[C@@H]12.C=C(CO)[C@@H]1CC[C@]2(CO)CC[C@]3(C)[C@H](CC[C@@H]4[C@@]5(C)CCC(N)[C@@](C)(CO)[C@@H]5CC[C@]43C)[C@@H]12. The second-order valence-electron chi connectivity index (χ2n) is 28.8. The Balaban J connectivity index is 0.000000226. The van der Waals surface area contributed by atoms with Gasteiger partial charge in [-0.3, -0.25) is 0 Å². The van der Waals surface area contributed by atoms with E-state index in [9.17, 15) is 35.8 Å². The minimum Gasteiger partial charge on any atom is -0.411 e. The fraction of sp³-hybridized carbons (Fsp3) is 0.921. The number of hydrogen-bond acceptors (Lipinski definition) is 9. The maximum Gasteiger partial charge on any atom is 0.0655 e. The van der Waals surface area contributed by atoms with E-state index in [0.29, 0.717) is 59.2 Å². The topological polar surface area (TPSA) is 180 Å². The van der Waals surface area contributed by atoms with Crippen molar-refractivity contribution in [1.29, 1.82) is 0 Å². The summed E-state index contributed by atoms with van der Waals surface area (Å²) < 4.78 is 0. The third-order valence-electron chi connectivity index (χ3n) is 27.6. The molecule has 21 atom stereocenters. The van der Waals surface area contributed by atoms with E-state index in [1.54, 1.807) is 0 Å². The lowest BCUT2D eigenvalue weighted by molar-refractivity contribution is -0.244. The van der Waals surface area contributed by atoms with Crippen LogP contribution in [0.1, 0.15) is 206 Å². The van der Waals surface area contributed by atoms with E-state index in [2.05, 4.69) is 73.7 Å². The molecule has 0 spiro atoms. The van der Waals surface area contributed by atoms with Crippen LogP contribution in [0.25, 0.3) is 0 Å². The van der Waals surface area contributed by atoms with Gasteiger partial charge in [-0.15, -0.1) is 0 Å². The van der Waals surface area contributed by atoms with Crippen LogP contribution in [0.2, 0.25) is 0 Å². The summed E-state index contributed by atoms with van der Waals surface area (Å²) in [6.45, 7) is 29.3. The molecule has 0 amide bonds. The molecule has 9 N–H and O–H groups in total. The Morgan fingerprint density at radius 2 is 0.931 bits per heavy atom. The molecule has 10 aliphatic rings. The fourth-order valence-corrected chi connectivity index (χ4v) is 23.2. The number of oxime groups is 1. The molecule has 10 rings (SSSR count). The van der Waals surface area contributed by atoms with Crippen LogP contribution in [-0.2, 0) is 0 Å². The summed E-state index contributed by atoms with van der Waals surface area (Å²) in [6, 6.07) is 0.0930. The molecule has 0 bridgehead atoms. The average molecular weight is 1010 g/mol. The van der Waals surface area contributed by atoms with Crippen molar-refractivity contribution in [1.82, 2.24) is 0 Å². The largest absolute Gasteiger partial charge is 0.411 e. The smallest absolute Gasteiger partial charge is 0.0655 e. The van der Waals surface area contributed by atoms with E-state index in [1.165, 1.54) is 57.8 Å². The summed E-state index contributed by atoms with van der Waals surface area (Å²) in [4.78, 5) is 0. The van der Waals surface area contributed by atoms with Crippen LogP contribution in [0.5, 0.6) is 0 Å². The van der Waals surface area contributed by atoms with Gasteiger partial charge in [-0.25, -0.2) is 0 Å². The van der Waals surface area contributed by atoms with E-state index >= 15 is 0 Å². The van der Waals surface area contributed by atoms with Crippen LogP contribution >= 0.6 is 0 Å². The van der Waals surface area contributed by atoms with Crippen LogP contribution in [0.3, 0.4) is 0 Å². The highest BCUT2D eigenvalue weighted by Gasteiger charge is 2.73. The molecule has 0 aromatic carbocycles. The van der Waals surface area contributed by atoms with Crippen molar-refractivity contribution in [2.24, 2.45) is 124 Å². The number of fused-ring (bicyclic) bond motifs is 14. The maximum atomic E-state index is 10.7. The van der Waals surface area contributed by atoms with Crippen LogP contribution in [0.15, 0.2) is 29.5 Å². The predicted octanol–water partition coefficient (Wildman–Crippen LogP) is 12.2. The third kappa shape index (κ3) is 7.66. The third-order valence-corrected chi connectivity index (χ3v) is 27.6. The van der Waals surface area contributed by atoms with Gasteiger partial charge in [0.05, 0.1) is 32.1 Å². The minimum absolute atomic E-state index is 0. The molecule has 72 heavy (non-hydrogen) atoms. The predicted molar refractivity (Wildman–Crippen MR) is 295 cm³/mol. The Morgan fingerprint density at radius 1 is 0.486 bits per heavy atom. The van der Waals surface area contributed by atoms with E-state index in [0.717, 1.165) is 87.5 Å². The van der Waals surface area contributed by atoms with Crippen LogP contribution < -0.4 is 5.73 Å². The van der Waals surface area contributed by atoms with Gasteiger partial charge in [-0.05, 0) is 242 Å². The van der Waals surface area contributed by atoms with Gasteiger partial charge in [0.15, 0.2) is 0 Å². The van der Waals surface area contributed by atoms with Gasteiger partial charge < -0.3 is 41.6 Å². The number of nitrogens with two attached hydrogens (primary N) is 1. The lowest BCUT2D eigenvalue weighted by Gasteiger charge is -2.73. The molecule has 416 valence electrons. The monoisotopic (exact) mass is 1010 g/mol. The highest BCUT2D eigenvalue weighted by atomic mass is 16.4. The van der Waals surface area contributed by atoms with Crippen molar-refractivity contribution in [3.63, 3.8) is 0 Å². The lowest BCUT2D eigenvalue weighted by atomic mass is 9.32.